The lowest BCUT2D eigenvalue weighted by Gasteiger charge is -2.38. The van der Waals surface area contributed by atoms with Crippen molar-refractivity contribution in [3.8, 4) is 0 Å². The van der Waals surface area contributed by atoms with E-state index >= 15 is 0 Å². The van der Waals surface area contributed by atoms with Crippen LogP contribution < -0.4 is 11.1 Å². The van der Waals surface area contributed by atoms with Crippen molar-refractivity contribution in [3.63, 3.8) is 0 Å². The number of hydrogen-bond donors (Lipinski definition) is 3. The second-order valence-corrected chi connectivity index (χ2v) is 6.33. The Balaban J connectivity index is 1.68. The van der Waals surface area contributed by atoms with E-state index in [0.29, 0.717) is 18.5 Å². The average molecular weight is 288 g/mol. The van der Waals surface area contributed by atoms with E-state index in [2.05, 4.69) is 5.32 Å². The van der Waals surface area contributed by atoms with Gasteiger partial charge in [0.15, 0.2) is 0 Å². The summed E-state index contributed by atoms with van der Waals surface area (Å²) in [6.07, 6.45) is 3.84. The van der Waals surface area contributed by atoms with E-state index in [-0.39, 0.29) is 12.5 Å². The van der Waals surface area contributed by atoms with E-state index in [1.165, 1.54) is 0 Å². The largest absolute Gasteiger partial charge is 0.481 e. The number of nitrogen functional groups attached to an aromatic ring is 1. The summed E-state index contributed by atoms with van der Waals surface area (Å²) in [5, 5.41) is 12.2. The molecule has 1 aromatic rings. The number of benzene rings is 1. The maximum Gasteiger partial charge on any atom is 0.311 e. The first-order chi connectivity index (χ1) is 9.98. The van der Waals surface area contributed by atoms with Gasteiger partial charge < -0.3 is 16.2 Å². The molecular formula is C16H20N2O3. The van der Waals surface area contributed by atoms with Gasteiger partial charge in [-0.2, -0.15) is 0 Å². The van der Waals surface area contributed by atoms with Crippen molar-refractivity contribution in [1.82, 2.24) is 5.32 Å². The molecule has 1 amide bonds. The number of nitrogens with one attached hydrogen (secondary N) is 1. The van der Waals surface area contributed by atoms with E-state index in [4.69, 9.17) is 5.73 Å². The molecule has 0 atom stereocenters. The van der Waals surface area contributed by atoms with Gasteiger partial charge in [0.05, 0.1) is 10.8 Å². The standard InChI is InChI=1S/C16H20N2O3/c17-12-4-2-11(3-5-12)16(8-9-16)13(19)18-10-15(14(20)21)6-1-7-15/h2-5H,1,6-10,17H2,(H,18,19)(H,20,21). The molecule has 0 radical (unpaired) electrons. The second kappa shape index (κ2) is 4.76. The first-order valence-corrected chi connectivity index (χ1v) is 7.36. The molecule has 0 saturated heterocycles. The maximum absolute atomic E-state index is 12.5. The van der Waals surface area contributed by atoms with Crippen LogP contribution in [0.2, 0.25) is 0 Å². The first-order valence-electron chi connectivity index (χ1n) is 7.36. The highest BCUT2D eigenvalue weighted by Crippen LogP contribution is 2.49. The predicted molar refractivity (Wildman–Crippen MR) is 78.7 cm³/mol. The molecule has 0 aromatic heterocycles. The van der Waals surface area contributed by atoms with Crippen molar-refractivity contribution in [2.45, 2.75) is 37.5 Å². The summed E-state index contributed by atoms with van der Waals surface area (Å²) in [7, 11) is 0. The van der Waals surface area contributed by atoms with E-state index < -0.39 is 16.8 Å². The number of carbonyl (C=O) groups excluding carboxylic acids is 1. The minimum absolute atomic E-state index is 0.0557. The molecule has 0 heterocycles. The second-order valence-electron chi connectivity index (χ2n) is 6.33. The molecule has 2 fully saturated rings. The number of rotatable bonds is 5. The van der Waals surface area contributed by atoms with Crippen LogP contribution in [0.5, 0.6) is 0 Å². The van der Waals surface area contributed by atoms with E-state index in [1.807, 2.05) is 12.1 Å². The number of carboxylic acid groups (broad SMARTS) is 1. The van der Waals surface area contributed by atoms with Crippen molar-refractivity contribution >= 4 is 17.6 Å². The van der Waals surface area contributed by atoms with Gasteiger partial charge in [-0.15, -0.1) is 0 Å². The molecule has 4 N–H and O–H groups in total. The Bertz CT molecular complexity index is 572. The van der Waals surface area contributed by atoms with Crippen LogP contribution >= 0.6 is 0 Å². The Morgan fingerprint density at radius 2 is 1.76 bits per heavy atom. The monoisotopic (exact) mass is 288 g/mol. The molecule has 3 rings (SSSR count). The van der Waals surface area contributed by atoms with Gasteiger partial charge in [0.1, 0.15) is 0 Å². The van der Waals surface area contributed by atoms with Gasteiger partial charge in [-0.1, -0.05) is 18.6 Å². The highest BCUT2D eigenvalue weighted by Gasteiger charge is 2.52. The zero-order chi connectivity index (χ0) is 15.1. The molecule has 5 nitrogen and oxygen atoms in total. The van der Waals surface area contributed by atoms with E-state index in [1.54, 1.807) is 12.1 Å². The number of hydrogen-bond acceptors (Lipinski definition) is 3. The van der Waals surface area contributed by atoms with Crippen LogP contribution in [0.15, 0.2) is 24.3 Å². The smallest absolute Gasteiger partial charge is 0.311 e. The highest BCUT2D eigenvalue weighted by atomic mass is 16.4. The van der Waals surface area contributed by atoms with Crippen LogP contribution in [0, 0.1) is 5.41 Å². The Kier molecular flexibility index (Phi) is 3.15. The third kappa shape index (κ3) is 2.26. The SMILES string of the molecule is Nc1ccc(C2(C(=O)NCC3(C(=O)O)CCC3)CC2)cc1. The molecule has 1 aromatic carbocycles. The number of carbonyl (C=O) groups is 2. The van der Waals surface area contributed by atoms with Gasteiger partial charge in [0.25, 0.3) is 0 Å². The minimum atomic E-state index is -0.800. The third-order valence-electron chi connectivity index (χ3n) is 5.00. The lowest BCUT2D eigenvalue weighted by Crippen LogP contribution is -2.49. The topological polar surface area (TPSA) is 92.4 Å². The Morgan fingerprint density at radius 3 is 2.19 bits per heavy atom. The fourth-order valence-electron chi connectivity index (χ4n) is 3.06. The Labute approximate surface area is 123 Å². The van der Waals surface area contributed by atoms with Crippen LogP contribution in [0.4, 0.5) is 5.69 Å². The highest BCUT2D eigenvalue weighted by molar-refractivity contribution is 5.91. The summed E-state index contributed by atoms with van der Waals surface area (Å²) in [6.45, 7) is 0.234. The van der Waals surface area contributed by atoms with Crippen LogP contribution in [0.1, 0.15) is 37.7 Å². The van der Waals surface area contributed by atoms with Crippen LogP contribution in [-0.4, -0.2) is 23.5 Å². The molecule has 0 aliphatic heterocycles. The summed E-state index contributed by atoms with van der Waals surface area (Å²) in [5.74, 6) is -0.855. The van der Waals surface area contributed by atoms with Gasteiger partial charge in [0.2, 0.25) is 5.91 Å². The van der Waals surface area contributed by atoms with Gasteiger partial charge in [-0.05, 0) is 43.4 Å². The summed E-state index contributed by atoms with van der Waals surface area (Å²) in [5.41, 5.74) is 6.10. The third-order valence-corrected chi connectivity index (χ3v) is 5.00. The maximum atomic E-state index is 12.5. The van der Waals surface area contributed by atoms with Crippen molar-refractivity contribution in [1.29, 1.82) is 0 Å². The van der Waals surface area contributed by atoms with Crippen molar-refractivity contribution in [2.75, 3.05) is 12.3 Å². The molecule has 2 aliphatic carbocycles. The molecule has 0 spiro atoms. The number of nitrogens with two attached hydrogens (primary N) is 1. The van der Waals surface area contributed by atoms with Gasteiger partial charge in [0, 0.05) is 12.2 Å². The minimum Gasteiger partial charge on any atom is -0.481 e. The van der Waals surface area contributed by atoms with E-state index in [0.717, 1.165) is 24.8 Å². The summed E-state index contributed by atoms with van der Waals surface area (Å²) in [4.78, 5) is 23.8. The van der Waals surface area contributed by atoms with Crippen LogP contribution in [-0.2, 0) is 15.0 Å². The molecular weight excluding hydrogens is 268 g/mol. The van der Waals surface area contributed by atoms with E-state index in [9.17, 15) is 14.7 Å². The Morgan fingerprint density at radius 1 is 1.14 bits per heavy atom. The van der Waals surface area contributed by atoms with Gasteiger partial charge >= 0.3 is 5.97 Å². The van der Waals surface area contributed by atoms with Crippen molar-refractivity contribution in [3.05, 3.63) is 29.8 Å². The molecule has 2 saturated carbocycles. The van der Waals surface area contributed by atoms with Crippen LogP contribution in [0.3, 0.4) is 0 Å². The zero-order valence-electron chi connectivity index (χ0n) is 11.9. The zero-order valence-corrected chi connectivity index (χ0v) is 11.9. The van der Waals surface area contributed by atoms with Crippen molar-refractivity contribution in [2.24, 2.45) is 5.41 Å². The summed E-state index contributed by atoms with van der Waals surface area (Å²) in [6, 6.07) is 7.37. The molecule has 5 heteroatoms. The number of carboxylic acids is 1. The molecule has 112 valence electrons. The average Bonchev–Trinajstić information content (AvgIpc) is 3.19. The lowest BCUT2D eigenvalue weighted by molar-refractivity contribution is -0.154. The molecule has 2 aliphatic rings. The van der Waals surface area contributed by atoms with Crippen LogP contribution in [0.25, 0.3) is 0 Å². The quantitative estimate of drug-likeness (QED) is 0.719. The van der Waals surface area contributed by atoms with Gasteiger partial charge in [-0.3, -0.25) is 9.59 Å². The fourth-order valence-corrected chi connectivity index (χ4v) is 3.06. The van der Waals surface area contributed by atoms with Gasteiger partial charge in [-0.25, -0.2) is 0 Å². The first kappa shape index (κ1) is 13.9. The molecule has 0 bridgehead atoms. The number of anilines is 1. The number of aliphatic carboxylic acids is 1. The summed E-state index contributed by atoms with van der Waals surface area (Å²) >= 11 is 0. The molecule has 21 heavy (non-hydrogen) atoms. The normalized spacial score (nSPS) is 21.1. The lowest BCUT2D eigenvalue weighted by atomic mass is 9.68. The number of amides is 1. The summed E-state index contributed by atoms with van der Waals surface area (Å²) < 4.78 is 0. The van der Waals surface area contributed by atoms with Crippen molar-refractivity contribution < 1.29 is 14.7 Å². The fraction of sp³-hybridized carbons (Fsp3) is 0.500. The molecule has 0 unspecified atom stereocenters. The Hall–Kier alpha value is -2.04. The predicted octanol–water partition coefficient (Wildman–Crippen LogP) is 1.67.